The van der Waals surface area contributed by atoms with Crippen molar-refractivity contribution in [2.24, 2.45) is 10.8 Å². The fourth-order valence-corrected chi connectivity index (χ4v) is 2.81. The Labute approximate surface area is 125 Å². The number of aromatic hydroxyl groups is 1. The number of Topliss-reactive ketones (excluding diaryl/α,β-unsaturated/α-hetero) is 1. The highest BCUT2D eigenvalue weighted by Crippen LogP contribution is 2.42. The smallest absolute Gasteiger partial charge is 0.152 e. The van der Waals surface area contributed by atoms with Gasteiger partial charge >= 0.3 is 0 Å². The first-order chi connectivity index (χ1) is 9.77. The number of hydrogen-bond donors (Lipinski definition) is 1. The maximum atomic E-state index is 12.7. The molecule has 0 heterocycles. The molecule has 1 aliphatic carbocycles. The number of ketones is 1. The summed E-state index contributed by atoms with van der Waals surface area (Å²) in [6, 6.07) is 8.95. The highest BCUT2D eigenvalue weighted by molar-refractivity contribution is 5.95. The van der Waals surface area contributed by atoms with Crippen LogP contribution in [0.25, 0.3) is 6.08 Å². The minimum Gasteiger partial charge on any atom is -0.508 e. The molecule has 108 valence electrons. The van der Waals surface area contributed by atoms with E-state index < -0.39 is 10.8 Å². The van der Waals surface area contributed by atoms with E-state index in [1.54, 1.807) is 30.3 Å². The van der Waals surface area contributed by atoms with Gasteiger partial charge in [0.2, 0.25) is 0 Å². The van der Waals surface area contributed by atoms with Crippen LogP contribution in [-0.4, -0.2) is 10.9 Å². The first kappa shape index (κ1) is 15.1. The van der Waals surface area contributed by atoms with Crippen molar-refractivity contribution in [1.29, 1.82) is 5.26 Å². The summed E-state index contributed by atoms with van der Waals surface area (Å²) in [6.07, 6.45) is 5.94. The second-order valence-corrected chi connectivity index (χ2v) is 6.38. The van der Waals surface area contributed by atoms with Crippen molar-refractivity contribution in [3.05, 3.63) is 47.6 Å². The molecule has 0 spiro atoms. The zero-order chi connectivity index (χ0) is 15.7. The van der Waals surface area contributed by atoms with Crippen LogP contribution in [0, 0.1) is 22.2 Å². The average Bonchev–Trinajstić information content (AvgIpc) is 2.44. The van der Waals surface area contributed by atoms with Crippen LogP contribution in [0.3, 0.4) is 0 Å². The summed E-state index contributed by atoms with van der Waals surface area (Å²) in [4.78, 5) is 12.7. The van der Waals surface area contributed by atoms with Gasteiger partial charge in [0.15, 0.2) is 5.78 Å². The van der Waals surface area contributed by atoms with Crippen molar-refractivity contribution in [1.82, 2.24) is 0 Å². The lowest BCUT2D eigenvalue weighted by Gasteiger charge is -2.36. The van der Waals surface area contributed by atoms with E-state index in [1.807, 2.05) is 32.9 Å². The van der Waals surface area contributed by atoms with Gasteiger partial charge in [-0.25, -0.2) is 0 Å². The number of phenolic OH excluding ortho intramolecular Hbond substituents is 1. The summed E-state index contributed by atoms with van der Waals surface area (Å²) >= 11 is 0. The largest absolute Gasteiger partial charge is 0.508 e. The lowest BCUT2D eigenvalue weighted by atomic mass is 9.64. The Morgan fingerprint density at radius 3 is 2.43 bits per heavy atom. The van der Waals surface area contributed by atoms with Crippen LogP contribution in [0.1, 0.15) is 32.8 Å². The third-order valence-corrected chi connectivity index (χ3v) is 3.87. The quantitative estimate of drug-likeness (QED) is 0.895. The van der Waals surface area contributed by atoms with Crippen LogP contribution < -0.4 is 0 Å². The van der Waals surface area contributed by atoms with Gasteiger partial charge in [0.1, 0.15) is 5.75 Å². The van der Waals surface area contributed by atoms with Crippen molar-refractivity contribution in [3.63, 3.8) is 0 Å². The van der Waals surface area contributed by atoms with E-state index in [1.165, 1.54) is 0 Å². The second-order valence-electron chi connectivity index (χ2n) is 6.38. The Morgan fingerprint density at radius 1 is 1.24 bits per heavy atom. The van der Waals surface area contributed by atoms with Gasteiger partial charge in [0, 0.05) is 11.0 Å². The SMILES string of the molecule is CC1(C)CC(C#N)=C[C@](C)(C=Cc2ccc(O)cc2)C1=O. The number of allylic oxidation sites excluding steroid dienone is 3. The molecule has 0 saturated carbocycles. The molecule has 21 heavy (non-hydrogen) atoms. The summed E-state index contributed by atoms with van der Waals surface area (Å²) < 4.78 is 0. The number of carbonyl (C=O) groups excluding carboxylic acids is 1. The Bertz CT molecular complexity index is 659. The maximum Gasteiger partial charge on any atom is 0.152 e. The molecule has 3 nitrogen and oxygen atoms in total. The van der Waals surface area contributed by atoms with Gasteiger partial charge in [0.05, 0.1) is 11.5 Å². The first-order valence-electron chi connectivity index (χ1n) is 6.92. The molecule has 3 heteroatoms. The minimum absolute atomic E-state index is 0.115. The van der Waals surface area contributed by atoms with Crippen molar-refractivity contribution in [3.8, 4) is 11.8 Å². The monoisotopic (exact) mass is 281 g/mol. The number of nitriles is 1. The Morgan fingerprint density at radius 2 is 1.86 bits per heavy atom. The number of nitrogens with zero attached hydrogens (tertiary/aromatic N) is 1. The Hall–Kier alpha value is -2.34. The Kier molecular flexibility index (Phi) is 3.74. The highest BCUT2D eigenvalue weighted by Gasteiger charge is 2.43. The number of hydrogen-bond acceptors (Lipinski definition) is 3. The van der Waals surface area contributed by atoms with Gasteiger partial charge in [0.25, 0.3) is 0 Å². The summed E-state index contributed by atoms with van der Waals surface area (Å²) in [6.45, 7) is 5.60. The van der Waals surface area contributed by atoms with Crippen LogP contribution in [-0.2, 0) is 4.79 Å². The predicted octanol–water partition coefficient (Wildman–Crippen LogP) is 3.86. The van der Waals surface area contributed by atoms with Crippen LogP contribution in [0.5, 0.6) is 5.75 Å². The molecule has 1 aliphatic rings. The standard InChI is InChI=1S/C18H19NO2/c1-17(2)10-14(12-19)11-18(3,16(17)21)9-8-13-4-6-15(20)7-5-13/h4-9,11,20H,10H2,1-3H3/t18-/m0/s1. The maximum absolute atomic E-state index is 12.7. The summed E-state index contributed by atoms with van der Waals surface area (Å²) in [5, 5.41) is 18.5. The van der Waals surface area contributed by atoms with E-state index in [4.69, 9.17) is 0 Å². The molecule has 0 aromatic heterocycles. The van der Waals surface area contributed by atoms with Gasteiger partial charge in [-0.1, -0.05) is 44.2 Å². The molecule has 0 aliphatic heterocycles. The number of rotatable bonds is 2. The van der Waals surface area contributed by atoms with E-state index in [9.17, 15) is 15.2 Å². The third-order valence-electron chi connectivity index (χ3n) is 3.87. The molecule has 1 aromatic carbocycles. The molecule has 2 rings (SSSR count). The summed E-state index contributed by atoms with van der Waals surface area (Å²) in [5.41, 5.74) is 0.244. The van der Waals surface area contributed by atoms with E-state index in [-0.39, 0.29) is 11.5 Å². The molecule has 0 saturated heterocycles. The van der Waals surface area contributed by atoms with Crippen molar-refractivity contribution in [2.75, 3.05) is 0 Å². The number of benzene rings is 1. The van der Waals surface area contributed by atoms with E-state index in [0.29, 0.717) is 12.0 Å². The van der Waals surface area contributed by atoms with Gasteiger partial charge in [-0.05, 0) is 31.0 Å². The molecule has 0 radical (unpaired) electrons. The molecule has 0 bridgehead atoms. The van der Waals surface area contributed by atoms with Crippen LogP contribution in [0.15, 0.2) is 42.0 Å². The first-order valence-corrected chi connectivity index (χ1v) is 6.92. The third kappa shape index (κ3) is 3.05. The second kappa shape index (κ2) is 5.21. The predicted molar refractivity (Wildman–Crippen MR) is 82.3 cm³/mol. The summed E-state index contributed by atoms with van der Waals surface area (Å²) in [7, 11) is 0. The van der Waals surface area contributed by atoms with Crippen molar-refractivity contribution >= 4 is 11.9 Å². The molecule has 0 unspecified atom stereocenters. The van der Waals surface area contributed by atoms with Crippen LogP contribution >= 0.6 is 0 Å². The fourth-order valence-electron chi connectivity index (χ4n) is 2.81. The van der Waals surface area contributed by atoms with Gasteiger partial charge in [-0.2, -0.15) is 5.26 Å². The lowest BCUT2D eigenvalue weighted by Crippen LogP contribution is -2.40. The molecule has 1 aromatic rings. The van der Waals surface area contributed by atoms with Gasteiger partial charge in [-0.3, -0.25) is 4.79 Å². The molecule has 1 atom stereocenters. The van der Waals surface area contributed by atoms with E-state index >= 15 is 0 Å². The zero-order valence-corrected chi connectivity index (χ0v) is 12.6. The minimum atomic E-state index is -0.773. The van der Waals surface area contributed by atoms with Gasteiger partial charge < -0.3 is 5.11 Å². The van der Waals surface area contributed by atoms with Gasteiger partial charge in [-0.15, -0.1) is 0 Å². The Balaban J connectivity index is 2.38. The molecule has 1 N–H and O–H groups in total. The van der Waals surface area contributed by atoms with Crippen LogP contribution in [0.2, 0.25) is 0 Å². The number of phenols is 1. The number of carbonyl (C=O) groups is 1. The van der Waals surface area contributed by atoms with Crippen LogP contribution in [0.4, 0.5) is 0 Å². The van der Waals surface area contributed by atoms with E-state index in [0.717, 1.165) is 5.56 Å². The molecule has 0 fully saturated rings. The molecular weight excluding hydrogens is 262 g/mol. The summed E-state index contributed by atoms with van der Waals surface area (Å²) in [5.74, 6) is 0.323. The zero-order valence-electron chi connectivity index (χ0n) is 12.6. The topological polar surface area (TPSA) is 61.1 Å². The normalized spacial score (nSPS) is 24.7. The van der Waals surface area contributed by atoms with Crippen molar-refractivity contribution < 1.29 is 9.90 Å². The molecule has 0 amide bonds. The van der Waals surface area contributed by atoms with Crippen molar-refractivity contribution in [2.45, 2.75) is 27.2 Å². The van der Waals surface area contributed by atoms with E-state index in [2.05, 4.69) is 6.07 Å². The highest BCUT2D eigenvalue weighted by atomic mass is 16.3. The molecular formula is C18H19NO2. The fraction of sp³-hybridized carbons (Fsp3) is 0.333. The average molecular weight is 281 g/mol. The lowest BCUT2D eigenvalue weighted by molar-refractivity contribution is -0.132.